The normalized spacial score (nSPS) is 15.8. The first kappa shape index (κ1) is 10.2. The summed E-state index contributed by atoms with van der Waals surface area (Å²) in [6.07, 6.45) is 0. The van der Waals surface area contributed by atoms with Crippen LogP contribution in [0.5, 0.6) is 0 Å². The average Bonchev–Trinajstić information content (AvgIpc) is 1.96. The monoisotopic (exact) mass is 205 g/mol. The number of anilines is 1. The van der Waals surface area contributed by atoms with Crippen LogP contribution in [-0.4, -0.2) is 27.0 Å². The zero-order chi connectivity index (χ0) is 10.8. The van der Waals surface area contributed by atoms with E-state index in [1.54, 1.807) is 0 Å². The lowest BCUT2D eigenvalue weighted by Gasteiger charge is -2.24. The molecule has 1 aromatic rings. The molecule has 1 aromatic carbocycles. The lowest BCUT2D eigenvalue weighted by atomic mass is 9.95. The molecule has 1 N–H and O–H groups in total. The second-order valence-corrected chi connectivity index (χ2v) is 3.50. The zero-order valence-electron chi connectivity index (χ0n) is 8.00. The molecule has 0 saturated carbocycles. The topological polar surface area (TPSA) is 38.3 Å². The summed E-state index contributed by atoms with van der Waals surface area (Å²) in [5.74, 6) is -0.754. The maximum Gasteiger partial charge on any atom is 0.232 e. The Labute approximate surface area is 88.0 Å². The van der Waals surface area contributed by atoms with Gasteiger partial charge in [-0.15, -0.1) is 0 Å². The molecule has 0 aromatic heterocycles. The molecule has 1 amide bonds. The molecule has 3 nitrogen and oxygen atoms in total. The van der Waals surface area contributed by atoms with Gasteiger partial charge in [0, 0.05) is 5.69 Å². The van der Waals surface area contributed by atoms with Gasteiger partial charge in [-0.25, -0.2) is 4.39 Å². The number of nitrogens with one attached hydrogen (secondary N) is 1. The number of carbonyl (C=O) groups is 1. The van der Waals surface area contributed by atoms with Gasteiger partial charge in [0.05, 0.1) is 19.1 Å². The Morgan fingerprint density at radius 2 is 2.20 bits per heavy atom. The van der Waals surface area contributed by atoms with Gasteiger partial charge in [-0.1, -0.05) is 5.46 Å². The lowest BCUT2D eigenvalue weighted by molar-refractivity contribution is -0.133. The number of hydrogen-bond acceptors (Lipinski definition) is 2. The molecular formula is C10H9BFNO2. The Bertz CT molecular complexity index is 373. The van der Waals surface area contributed by atoms with E-state index < -0.39 is 5.82 Å². The first-order valence-electron chi connectivity index (χ1n) is 4.60. The Hall–Kier alpha value is -1.36. The van der Waals surface area contributed by atoms with Crippen molar-refractivity contribution in [2.45, 2.75) is 0 Å². The van der Waals surface area contributed by atoms with E-state index in [4.69, 9.17) is 12.6 Å². The van der Waals surface area contributed by atoms with E-state index >= 15 is 0 Å². The molecule has 2 radical (unpaired) electrons. The van der Waals surface area contributed by atoms with Gasteiger partial charge in [-0.05, 0) is 18.2 Å². The summed E-state index contributed by atoms with van der Waals surface area (Å²) >= 11 is 0. The quantitative estimate of drug-likeness (QED) is 0.700. The van der Waals surface area contributed by atoms with Gasteiger partial charge >= 0.3 is 0 Å². The molecule has 0 unspecified atom stereocenters. The van der Waals surface area contributed by atoms with Gasteiger partial charge in [-0.3, -0.25) is 4.79 Å². The minimum atomic E-state index is -0.463. The van der Waals surface area contributed by atoms with Crippen molar-refractivity contribution in [1.29, 1.82) is 0 Å². The fourth-order valence-electron chi connectivity index (χ4n) is 1.32. The van der Waals surface area contributed by atoms with Crippen molar-refractivity contribution in [1.82, 2.24) is 0 Å². The van der Waals surface area contributed by atoms with E-state index in [0.717, 1.165) is 0 Å². The van der Waals surface area contributed by atoms with Crippen molar-refractivity contribution in [3.8, 4) is 0 Å². The highest BCUT2D eigenvalue weighted by Crippen LogP contribution is 2.14. The second-order valence-electron chi connectivity index (χ2n) is 3.50. The zero-order valence-corrected chi connectivity index (χ0v) is 8.00. The summed E-state index contributed by atoms with van der Waals surface area (Å²) in [4.78, 5) is 11.5. The molecular weight excluding hydrogens is 196 g/mol. The second kappa shape index (κ2) is 4.02. The maximum absolute atomic E-state index is 12.9. The molecule has 76 valence electrons. The van der Waals surface area contributed by atoms with E-state index in [1.807, 2.05) is 0 Å². The summed E-state index contributed by atoms with van der Waals surface area (Å²) < 4.78 is 17.8. The maximum atomic E-state index is 12.9. The Morgan fingerprint density at radius 1 is 1.47 bits per heavy atom. The standard InChI is InChI=1S/C10H9BFNO2/c11-7-1-8(12)3-9(2-7)13-10(14)6-4-15-5-6/h1-3,6H,4-5H2,(H,13,14). The number of ether oxygens (including phenoxy) is 1. The Kier molecular flexibility index (Phi) is 2.73. The number of benzene rings is 1. The fraction of sp³-hybridized carbons (Fsp3) is 0.300. The largest absolute Gasteiger partial charge is 0.380 e. The van der Waals surface area contributed by atoms with Gasteiger partial charge in [0.1, 0.15) is 13.7 Å². The highest BCUT2D eigenvalue weighted by atomic mass is 19.1. The van der Waals surface area contributed by atoms with Crippen molar-refractivity contribution in [3.05, 3.63) is 24.0 Å². The van der Waals surface area contributed by atoms with Crippen molar-refractivity contribution in [2.24, 2.45) is 5.92 Å². The van der Waals surface area contributed by atoms with Gasteiger partial charge in [0.2, 0.25) is 5.91 Å². The van der Waals surface area contributed by atoms with E-state index in [1.165, 1.54) is 18.2 Å². The number of halogens is 1. The highest BCUT2D eigenvalue weighted by Gasteiger charge is 2.26. The van der Waals surface area contributed by atoms with Crippen LogP contribution in [0, 0.1) is 11.7 Å². The van der Waals surface area contributed by atoms with Crippen LogP contribution in [0.2, 0.25) is 0 Å². The summed E-state index contributed by atoms with van der Waals surface area (Å²) in [6.45, 7) is 0.854. The fourth-order valence-corrected chi connectivity index (χ4v) is 1.32. The van der Waals surface area contributed by atoms with Crippen LogP contribution in [0.3, 0.4) is 0 Å². The van der Waals surface area contributed by atoms with Crippen LogP contribution in [0.1, 0.15) is 0 Å². The van der Waals surface area contributed by atoms with E-state index in [9.17, 15) is 9.18 Å². The van der Waals surface area contributed by atoms with Crippen molar-refractivity contribution in [3.63, 3.8) is 0 Å². The van der Waals surface area contributed by atoms with E-state index in [0.29, 0.717) is 18.9 Å². The molecule has 15 heavy (non-hydrogen) atoms. The highest BCUT2D eigenvalue weighted by molar-refractivity contribution is 6.32. The third-order valence-electron chi connectivity index (χ3n) is 2.20. The minimum absolute atomic E-state index is 0.130. The summed E-state index contributed by atoms with van der Waals surface area (Å²) in [5, 5.41) is 2.59. The smallest absolute Gasteiger partial charge is 0.232 e. The molecule has 0 bridgehead atoms. The van der Waals surface area contributed by atoms with Crippen LogP contribution in [0.4, 0.5) is 10.1 Å². The lowest BCUT2D eigenvalue weighted by Crippen LogP contribution is -2.38. The van der Waals surface area contributed by atoms with E-state index in [-0.39, 0.29) is 17.3 Å². The number of amides is 1. The van der Waals surface area contributed by atoms with Crippen molar-refractivity contribution in [2.75, 3.05) is 18.5 Å². The molecule has 1 aliphatic rings. The van der Waals surface area contributed by atoms with Gasteiger partial charge < -0.3 is 10.1 Å². The third-order valence-corrected chi connectivity index (χ3v) is 2.20. The van der Waals surface area contributed by atoms with Crippen LogP contribution in [-0.2, 0) is 9.53 Å². The van der Waals surface area contributed by atoms with Crippen LogP contribution in [0.15, 0.2) is 18.2 Å². The average molecular weight is 205 g/mol. The number of carbonyl (C=O) groups excluding carboxylic acids is 1. The molecule has 2 rings (SSSR count). The molecule has 1 fully saturated rings. The Morgan fingerprint density at radius 3 is 2.73 bits per heavy atom. The van der Waals surface area contributed by atoms with Crippen LogP contribution >= 0.6 is 0 Å². The minimum Gasteiger partial charge on any atom is -0.380 e. The first-order valence-corrected chi connectivity index (χ1v) is 4.60. The molecule has 5 heteroatoms. The Balaban J connectivity index is 2.06. The van der Waals surface area contributed by atoms with Crippen molar-refractivity contribution >= 4 is 24.9 Å². The summed E-state index contributed by atoms with van der Waals surface area (Å²) in [7, 11) is 5.44. The third kappa shape index (κ3) is 2.36. The van der Waals surface area contributed by atoms with Gasteiger partial charge in [-0.2, -0.15) is 0 Å². The van der Waals surface area contributed by atoms with Crippen LogP contribution in [0.25, 0.3) is 0 Å². The number of hydrogen-bond donors (Lipinski definition) is 1. The molecule has 1 heterocycles. The van der Waals surface area contributed by atoms with Gasteiger partial charge in [0.15, 0.2) is 0 Å². The first-order chi connectivity index (χ1) is 7.15. The summed E-state index contributed by atoms with van der Waals surface area (Å²) in [6, 6.07) is 3.94. The number of rotatable bonds is 2. The molecule has 1 aliphatic heterocycles. The van der Waals surface area contributed by atoms with Gasteiger partial charge in [0.25, 0.3) is 0 Å². The predicted octanol–water partition coefficient (Wildman–Crippen LogP) is 0.204. The predicted molar refractivity (Wildman–Crippen MR) is 54.7 cm³/mol. The van der Waals surface area contributed by atoms with E-state index in [2.05, 4.69) is 5.32 Å². The molecule has 0 aliphatic carbocycles. The molecule has 1 saturated heterocycles. The van der Waals surface area contributed by atoms with Crippen LogP contribution < -0.4 is 10.8 Å². The SMILES string of the molecule is [B]c1cc(F)cc(NC(=O)C2COC2)c1. The molecule has 0 atom stereocenters. The van der Waals surface area contributed by atoms with Crippen molar-refractivity contribution < 1.29 is 13.9 Å². The molecule has 0 spiro atoms. The summed E-state index contributed by atoms with van der Waals surface area (Å²) in [5.41, 5.74) is 0.666.